The van der Waals surface area contributed by atoms with Crippen LogP contribution in [0.1, 0.15) is 12.5 Å². The molecule has 0 saturated carbocycles. The monoisotopic (exact) mass is 302 g/mol. The van der Waals surface area contributed by atoms with Gasteiger partial charge in [-0.3, -0.25) is 4.79 Å². The highest BCUT2D eigenvalue weighted by atomic mass is 19.1. The summed E-state index contributed by atoms with van der Waals surface area (Å²) in [6.07, 6.45) is 0.888. The molecule has 0 aromatic heterocycles. The van der Waals surface area contributed by atoms with E-state index in [1.807, 2.05) is 29.2 Å². The zero-order valence-electron chi connectivity index (χ0n) is 12.1. The SMILES string of the molecule is C[C@@H](C(=O)Nc1ccc(F)cc1F)N1CCc2ccccc21. The minimum atomic E-state index is -0.776. The number of anilines is 2. The third kappa shape index (κ3) is 2.66. The van der Waals surface area contributed by atoms with Crippen molar-refractivity contribution in [2.75, 3.05) is 16.8 Å². The Bertz CT molecular complexity index is 718. The van der Waals surface area contributed by atoms with Crippen LogP contribution in [0.5, 0.6) is 0 Å². The van der Waals surface area contributed by atoms with Gasteiger partial charge in [0.1, 0.15) is 17.7 Å². The average molecular weight is 302 g/mol. The summed E-state index contributed by atoms with van der Waals surface area (Å²) < 4.78 is 26.5. The number of nitrogens with one attached hydrogen (secondary N) is 1. The molecular weight excluding hydrogens is 286 g/mol. The molecule has 3 rings (SSSR count). The van der Waals surface area contributed by atoms with Gasteiger partial charge in [0.15, 0.2) is 0 Å². The first-order chi connectivity index (χ1) is 10.6. The van der Waals surface area contributed by atoms with Gasteiger partial charge >= 0.3 is 0 Å². The molecule has 1 heterocycles. The lowest BCUT2D eigenvalue weighted by Crippen LogP contribution is -2.41. The zero-order valence-corrected chi connectivity index (χ0v) is 12.1. The summed E-state index contributed by atoms with van der Waals surface area (Å²) in [4.78, 5) is 14.3. The Kier molecular flexibility index (Phi) is 3.79. The molecule has 22 heavy (non-hydrogen) atoms. The average Bonchev–Trinajstić information content (AvgIpc) is 2.93. The molecule has 1 amide bonds. The normalized spacial score (nSPS) is 14.6. The molecule has 0 unspecified atom stereocenters. The third-order valence-electron chi connectivity index (χ3n) is 3.96. The van der Waals surface area contributed by atoms with Crippen LogP contribution in [0, 0.1) is 11.6 Å². The van der Waals surface area contributed by atoms with Crippen LogP contribution in [0.25, 0.3) is 0 Å². The maximum absolute atomic E-state index is 13.6. The summed E-state index contributed by atoms with van der Waals surface area (Å²) in [5.41, 5.74) is 2.23. The van der Waals surface area contributed by atoms with Crippen LogP contribution in [0.4, 0.5) is 20.2 Å². The molecule has 0 bridgehead atoms. The van der Waals surface area contributed by atoms with E-state index in [1.54, 1.807) is 6.92 Å². The summed E-state index contributed by atoms with van der Waals surface area (Å²) in [7, 11) is 0. The van der Waals surface area contributed by atoms with Crippen LogP contribution >= 0.6 is 0 Å². The Balaban J connectivity index is 1.76. The van der Waals surface area contributed by atoms with Crippen LogP contribution in [0.3, 0.4) is 0 Å². The fourth-order valence-corrected chi connectivity index (χ4v) is 2.74. The number of hydrogen-bond donors (Lipinski definition) is 1. The van der Waals surface area contributed by atoms with Crippen molar-refractivity contribution in [2.45, 2.75) is 19.4 Å². The molecule has 3 nitrogen and oxygen atoms in total. The molecule has 0 aliphatic carbocycles. The van der Waals surface area contributed by atoms with Crippen molar-refractivity contribution in [3.63, 3.8) is 0 Å². The maximum atomic E-state index is 13.6. The summed E-state index contributed by atoms with van der Waals surface area (Å²) >= 11 is 0. The second-order valence-corrected chi connectivity index (χ2v) is 5.36. The summed E-state index contributed by atoms with van der Waals surface area (Å²) in [5.74, 6) is -1.76. The quantitative estimate of drug-likeness (QED) is 0.943. The molecule has 0 radical (unpaired) electrons. The number of halogens is 2. The predicted octanol–water partition coefficient (Wildman–Crippen LogP) is 3.35. The van der Waals surface area contributed by atoms with Crippen molar-refractivity contribution < 1.29 is 13.6 Å². The molecule has 0 spiro atoms. The highest BCUT2D eigenvalue weighted by Crippen LogP contribution is 2.29. The second-order valence-electron chi connectivity index (χ2n) is 5.36. The summed E-state index contributed by atoms with van der Waals surface area (Å²) in [5, 5.41) is 2.52. The third-order valence-corrected chi connectivity index (χ3v) is 3.96. The van der Waals surface area contributed by atoms with E-state index in [-0.39, 0.29) is 11.6 Å². The van der Waals surface area contributed by atoms with E-state index in [0.717, 1.165) is 30.8 Å². The Morgan fingerprint density at radius 3 is 2.77 bits per heavy atom. The fourth-order valence-electron chi connectivity index (χ4n) is 2.74. The molecule has 1 N–H and O–H groups in total. The predicted molar refractivity (Wildman–Crippen MR) is 81.9 cm³/mol. The Hall–Kier alpha value is -2.43. The van der Waals surface area contributed by atoms with Gasteiger partial charge in [-0.25, -0.2) is 8.78 Å². The first kappa shape index (κ1) is 14.5. The van der Waals surface area contributed by atoms with Crippen LogP contribution in [-0.2, 0) is 11.2 Å². The first-order valence-electron chi connectivity index (χ1n) is 7.17. The number of carbonyl (C=O) groups is 1. The lowest BCUT2D eigenvalue weighted by molar-refractivity contribution is -0.117. The van der Waals surface area contributed by atoms with Gasteiger partial charge in [-0.15, -0.1) is 0 Å². The molecule has 5 heteroatoms. The van der Waals surface area contributed by atoms with Crippen molar-refractivity contribution in [1.82, 2.24) is 0 Å². The lowest BCUT2D eigenvalue weighted by atomic mass is 10.1. The topological polar surface area (TPSA) is 32.3 Å². The second kappa shape index (κ2) is 5.75. The van der Waals surface area contributed by atoms with Crippen molar-refractivity contribution in [2.24, 2.45) is 0 Å². The van der Waals surface area contributed by atoms with Crippen molar-refractivity contribution >= 4 is 17.3 Å². The minimum Gasteiger partial charge on any atom is -0.359 e. The summed E-state index contributed by atoms with van der Waals surface area (Å²) in [6.45, 7) is 2.53. The Morgan fingerprint density at radius 2 is 2.00 bits per heavy atom. The zero-order chi connectivity index (χ0) is 15.7. The minimum absolute atomic E-state index is 0.00858. The van der Waals surface area contributed by atoms with Crippen LogP contribution < -0.4 is 10.2 Å². The molecule has 0 saturated heterocycles. The van der Waals surface area contributed by atoms with Gasteiger partial charge in [-0.2, -0.15) is 0 Å². The number of hydrogen-bond acceptors (Lipinski definition) is 2. The lowest BCUT2D eigenvalue weighted by Gasteiger charge is -2.26. The van der Waals surface area contributed by atoms with Crippen LogP contribution in [-0.4, -0.2) is 18.5 Å². The molecule has 1 aliphatic heterocycles. The van der Waals surface area contributed by atoms with E-state index in [0.29, 0.717) is 0 Å². The number of nitrogens with zero attached hydrogens (tertiary/aromatic N) is 1. The van der Waals surface area contributed by atoms with Gasteiger partial charge in [-0.05, 0) is 37.1 Å². The largest absolute Gasteiger partial charge is 0.359 e. The molecule has 2 aromatic rings. The highest BCUT2D eigenvalue weighted by Gasteiger charge is 2.27. The van der Waals surface area contributed by atoms with E-state index in [4.69, 9.17) is 0 Å². The molecule has 2 aromatic carbocycles. The fraction of sp³-hybridized carbons (Fsp3) is 0.235. The van der Waals surface area contributed by atoms with Gasteiger partial charge in [0, 0.05) is 18.3 Å². The molecule has 114 valence electrons. The molecule has 1 atom stereocenters. The molecular formula is C17H16F2N2O. The smallest absolute Gasteiger partial charge is 0.246 e. The van der Waals surface area contributed by atoms with E-state index >= 15 is 0 Å². The van der Waals surface area contributed by atoms with Gasteiger partial charge in [0.25, 0.3) is 0 Å². The van der Waals surface area contributed by atoms with Crippen LogP contribution in [0.15, 0.2) is 42.5 Å². The standard InChI is InChI=1S/C17H16F2N2O/c1-11(21-9-8-12-4-2-3-5-16(12)21)17(22)20-15-7-6-13(18)10-14(15)19/h2-7,10-11H,8-9H2,1H3,(H,20,22)/t11-/m0/s1. The number of amides is 1. The van der Waals surface area contributed by atoms with E-state index in [9.17, 15) is 13.6 Å². The Labute approximate surface area is 127 Å². The van der Waals surface area contributed by atoms with E-state index < -0.39 is 17.7 Å². The number of benzene rings is 2. The van der Waals surface area contributed by atoms with Gasteiger partial charge in [-0.1, -0.05) is 18.2 Å². The van der Waals surface area contributed by atoms with Crippen LogP contribution in [0.2, 0.25) is 0 Å². The molecule has 0 fully saturated rings. The number of fused-ring (bicyclic) bond motifs is 1. The van der Waals surface area contributed by atoms with Crippen molar-refractivity contribution in [3.05, 3.63) is 59.7 Å². The van der Waals surface area contributed by atoms with Gasteiger partial charge < -0.3 is 10.2 Å². The number of rotatable bonds is 3. The van der Waals surface area contributed by atoms with Gasteiger partial charge in [0.2, 0.25) is 5.91 Å². The maximum Gasteiger partial charge on any atom is 0.246 e. The van der Waals surface area contributed by atoms with Gasteiger partial charge in [0.05, 0.1) is 5.69 Å². The highest BCUT2D eigenvalue weighted by molar-refractivity contribution is 5.97. The number of para-hydroxylation sites is 1. The summed E-state index contributed by atoms with van der Waals surface area (Å²) in [6, 6.07) is 10.6. The Morgan fingerprint density at radius 1 is 1.23 bits per heavy atom. The van der Waals surface area contributed by atoms with Crippen molar-refractivity contribution in [1.29, 1.82) is 0 Å². The number of carbonyl (C=O) groups excluding carboxylic acids is 1. The first-order valence-corrected chi connectivity index (χ1v) is 7.17. The van der Waals surface area contributed by atoms with E-state index in [1.165, 1.54) is 11.6 Å². The van der Waals surface area contributed by atoms with E-state index in [2.05, 4.69) is 5.32 Å². The van der Waals surface area contributed by atoms with Crippen molar-refractivity contribution in [3.8, 4) is 0 Å². The molecule has 1 aliphatic rings.